The first-order valence-corrected chi connectivity index (χ1v) is 15.8. The fourth-order valence-electron chi connectivity index (χ4n) is 6.64. The molecule has 8 rings (SSSR count). The van der Waals surface area contributed by atoms with Crippen LogP contribution in [0.5, 0.6) is 0 Å². The fourth-order valence-corrected chi connectivity index (χ4v) is 6.64. The van der Waals surface area contributed by atoms with Gasteiger partial charge in [0.25, 0.3) is 0 Å². The van der Waals surface area contributed by atoms with E-state index in [-0.39, 0.29) is 32.4 Å². The summed E-state index contributed by atoms with van der Waals surface area (Å²) in [5, 5.41) is 0. The van der Waals surface area contributed by atoms with Crippen molar-refractivity contribution in [3.8, 4) is 22.5 Å². The van der Waals surface area contributed by atoms with E-state index in [2.05, 4.69) is 95.6 Å². The summed E-state index contributed by atoms with van der Waals surface area (Å²) in [4.78, 5) is 13.4. The van der Waals surface area contributed by atoms with E-state index in [4.69, 9.17) is 11.8 Å². The predicted molar refractivity (Wildman–Crippen MR) is 199 cm³/mol. The van der Waals surface area contributed by atoms with E-state index >= 15 is 0 Å². The Hall–Kier alpha value is -4.51. The molecule has 0 saturated carbocycles. The first kappa shape index (κ1) is 27.4. The van der Waals surface area contributed by atoms with Crippen LogP contribution < -0.4 is 26.2 Å². The molecule has 6 heteroatoms. The summed E-state index contributed by atoms with van der Waals surface area (Å²) in [6.45, 7) is 3.82. The van der Waals surface area contributed by atoms with Gasteiger partial charge >= 0.3 is 0 Å². The molecular weight excluding hydrogens is 764 g/mol. The Morgan fingerprint density at radius 1 is 0.792 bits per heavy atom. The van der Waals surface area contributed by atoms with Crippen LogP contribution >= 0.6 is 0 Å². The molecule has 2 aliphatic rings. The average Bonchev–Trinajstić information content (AvgIpc) is 3.14. The largest absolute Gasteiger partial charge is 0.385 e. The van der Waals surface area contributed by atoms with Crippen molar-refractivity contribution in [3.05, 3.63) is 139 Å². The number of hydrogen-bond acceptors (Lipinski definition) is 4. The van der Waals surface area contributed by atoms with Crippen molar-refractivity contribution in [2.45, 2.75) is 34.0 Å². The first-order valence-electron chi connectivity index (χ1n) is 18.3. The van der Waals surface area contributed by atoms with Gasteiger partial charge in [0.1, 0.15) is 0 Å². The van der Waals surface area contributed by atoms with Crippen LogP contribution in [0.25, 0.3) is 22.5 Å². The summed E-state index contributed by atoms with van der Waals surface area (Å²) in [6, 6.07) is 40.4. The van der Waals surface area contributed by atoms with Gasteiger partial charge in [-0.1, -0.05) is 80.9 Å². The summed E-state index contributed by atoms with van der Waals surface area (Å²) < 4.78 is 39.4. The topological polar surface area (TPSA) is 32.3 Å². The van der Waals surface area contributed by atoms with Gasteiger partial charge in [-0.05, 0) is 76.1 Å². The molecule has 48 heavy (non-hydrogen) atoms. The monoisotopic (exact) mass is 808 g/mol. The minimum atomic E-state index is -2.09. The summed E-state index contributed by atoms with van der Waals surface area (Å²) in [5.74, 6) is 0. The molecule has 0 N–H and O–H groups in total. The third-order valence-electron chi connectivity index (χ3n) is 8.61. The van der Waals surface area contributed by atoms with E-state index in [1.54, 1.807) is 30.5 Å². The van der Waals surface area contributed by atoms with Crippen LogP contribution in [0.1, 0.15) is 38.8 Å². The second-order valence-corrected chi connectivity index (χ2v) is 13.0. The van der Waals surface area contributed by atoms with E-state index in [1.807, 2.05) is 45.0 Å². The minimum absolute atomic E-state index is 0. The molecule has 241 valence electrons. The van der Waals surface area contributed by atoms with Crippen LogP contribution in [0.4, 0.5) is 22.7 Å². The van der Waals surface area contributed by atoms with Crippen molar-refractivity contribution in [3.63, 3.8) is 0 Å². The Balaban J connectivity index is 0.000000238. The molecule has 2 aromatic heterocycles. The maximum absolute atomic E-state index is 8.83. The Morgan fingerprint density at radius 2 is 1.50 bits per heavy atom. The van der Waals surface area contributed by atoms with Crippen molar-refractivity contribution in [1.82, 2.24) is 9.97 Å². The van der Waals surface area contributed by atoms with Crippen molar-refractivity contribution in [2.75, 3.05) is 23.9 Å². The zero-order valence-corrected chi connectivity index (χ0v) is 30.1. The van der Waals surface area contributed by atoms with Crippen molar-refractivity contribution in [2.24, 2.45) is 5.41 Å². The fraction of sp³-hybridized carbons (Fsp3) is 0.190. The summed E-state index contributed by atoms with van der Waals surface area (Å²) in [5.41, 5.74) is 12.0. The number of para-hydroxylation sites is 2. The van der Waals surface area contributed by atoms with Gasteiger partial charge in [0, 0.05) is 64.8 Å². The Kier molecular flexibility index (Phi) is 7.75. The normalized spacial score (nSPS) is 14.7. The Labute approximate surface area is 306 Å². The molecule has 0 spiro atoms. The smallest absolute Gasteiger partial charge is 0.232 e. The van der Waals surface area contributed by atoms with Crippen LogP contribution in [-0.4, -0.2) is 30.8 Å². The van der Waals surface area contributed by atoms with Crippen LogP contribution in [0.2, 0.25) is 0 Å². The molecule has 4 aromatic carbocycles. The maximum atomic E-state index is 8.83. The standard InChI is InChI=1S/C30H29BN3.C12H10N.Ir/c1-30(2,3)19-20-16-17-32-24(18-20)21-14-15-27-28-29(21)34(5)26-13-9-7-11-23(26)31(28)22-10-6-8-12-25(22)33(27)4;1-10-7-8-12(13-9-10)11-5-3-2-4-6-11;/h6-13,15-18H,19H2,1-5H3;2-5,7-9H,1H3;/q2*-1;/i19D2;1D3;. The number of aromatic nitrogens is 2. The van der Waals surface area contributed by atoms with Gasteiger partial charge < -0.3 is 19.8 Å². The van der Waals surface area contributed by atoms with E-state index in [0.717, 1.165) is 33.9 Å². The van der Waals surface area contributed by atoms with Crippen LogP contribution in [0.15, 0.2) is 116 Å². The van der Waals surface area contributed by atoms with E-state index < -0.39 is 18.6 Å². The number of hydrogen-bond donors (Lipinski definition) is 0. The molecule has 0 bridgehead atoms. The number of fused-ring (bicyclic) bond motifs is 4. The Morgan fingerprint density at radius 3 is 2.15 bits per heavy atom. The predicted octanol–water partition coefficient (Wildman–Crippen LogP) is 7.67. The number of benzene rings is 4. The van der Waals surface area contributed by atoms with Gasteiger partial charge in [-0.25, -0.2) is 0 Å². The number of rotatable bonds is 3. The molecule has 0 fully saturated rings. The van der Waals surface area contributed by atoms with Crippen LogP contribution in [0, 0.1) is 24.4 Å². The molecule has 6 aromatic rings. The third kappa shape index (κ3) is 6.35. The SMILES string of the molecule is [2H]C([2H])([2H])c1ccc(-c2[c-]cccc2)nc1.[2H]C([2H])(c1ccnc(-c2[c-]cc3c4c2N(C)c2ccccc2B4c2ccccc2N3C)c1)C(C)(C)C.[Ir]. The molecule has 2 aliphatic heterocycles. The molecule has 4 nitrogen and oxygen atoms in total. The summed E-state index contributed by atoms with van der Waals surface area (Å²) in [6.07, 6.45) is 1.61. The zero-order chi connectivity index (χ0) is 37.0. The molecule has 0 unspecified atom stereocenters. The number of pyridine rings is 2. The van der Waals surface area contributed by atoms with Gasteiger partial charge in [0.05, 0.1) is 0 Å². The second kappa shape index (κ2) is 13.5. The van der Waals surface area contributed by atoms with Gasteiger partial charge in [-0.3, -0.25) is 0 Å². The Bertz CT molecular complexity index is 2250. The first-order chi connectivity index (χ1) is 24.7. The van der Waals surface area contributed by atoms with Crippen LogP contribution in [-0.2, 0) is 26.5 Å². The molecule has 0 amide bonds. The molecule has 1 radical (unpaired) electrons. The van der Waals surface area contributed by atoms with Crippen molar-refractivity contribution < 1.29 is 27.0 Å². The second-order valence-electron chi connectivity index (χ2n) is 13.0. The molecular formula is C42H39BIrN4-2. The molecule has 0 aliphatic carbocycles. The van der Waals surface area contributed by atoms with E-state index in [1.165, 1.54) is 34.0 Å². The summed E-state index contributed by atoms with van der Waals surface area (Å²) in [7, 11) is 4.23. The zero-order valence-electron chi connectivity index (χ0n) is 32.7. The van der Waals surface area contributed by atoms with Crippen LogP contribution in [0.3, 0.4) is 0 Å². The molecule has 4 heterocycles. The average molecular weight is 808 g/mol. The summed E-state index contributed by atoms with van der Waals surface area (Å²) >= 11 is 0. The number of anilines is 4. The number of nitrogens with zero attached hydrogens (tertiary/aromatic N) is 4. The van der Waals surface area contributed by atoms with E-state index in [9.17, 15) is 0 Å². The maximum Gasteiger partial charge on any atom is 0.232 e. The van der Waals surface area contributed by atoms with Crippen molar-refractivity contribution >= 4 is 45.9 Å². The van der Waals surface area contributed by atoms with Gasteiger partial charge in [0.15, 0.2) is 0 Å². The molecule has 0 saturated heterocycles. The van der Waals surface area contributed by atoms with Gasteiger partial charge in [-0.15, -0.1) is 59.1 Å². The number of aryl methyl sites for hydroxylation is 1. The third-order valence-corrected chi connectivity index (χ3v) is 8.61. The molecule has 0 atom stereocenters. The van der Waals surface area contributed by atoms with Gasteiger partial charge in [0.2, 0.25) is 6.71 Å². The van der Waals surface area contributed by atoms with Crippen molar-refractivity contribution in [1.29, 1.82) is 0 Å². The van der Waals surface area contributed by atoms with E-state index in [0.29, 0.717) is 5.56 Å². The van der Waals surface area contributed by atoms with Gasteiger partial charge in [-0.2, -0.15) is 0 Å². The minimum Gasteiger partial charge on any atom is -0.385 e. The quantitative estimate of drug-likeness (QED) is 0.136.